The Morgan fingerprint density at radius 3 is 3.06 bits per heavy atom. The van der Waals surface area contributed by atoms with E-state index in [0.717, 1.165) is 5.76 Å². The van der Waals surface area contributed by atoms with Crippen molar-refractivity contribution >= 4 is 28.7 Å². The van der Waals surface area contributed by atoms with Gasteiger partial charge in [-0.15, -0.1) is 0 Å². The molecule has 1 unspecified atom stereocenters. The van der Waals surface area contributed by atoms with Crippen LogP contribution in [0.2, 0.25) is 5.02 Å². The van der Waals surface area contributed by atoms with Gasteiger partial charge in [0.1, 0.15) is 11.3 Å². The van der Waals surface area contributed by atoms with Gasteiger partial charge in [0, 0.05) is 6.20 Å². The van der Waals surface area contributed by atoms with Crippen LogP contribution in [0.1, 0.15) is 18.7 Å². The van der Waals surface area contributed by atoms with Gasteiger partial charge in [0.25, 0.3) is 0 Å². The van der Waals surface area contributed by atoms with Crippen molar-refractivity contribution in [2.75, 3.05) is 5.73 Å². The average molecular weight is 263 g/mol. The SMILES string of the molecule is CC(c1ccco1)n1c(N)nc2cc(Cl)cnc21. The summed E-state index contributed by atoms with van der Waals surface area (Å²) in [5.74, 6) is 1.20. The van der Waals surface area contributed by atoms with Crippen molar-refractivity contribution in [2.45, 2.75) is 13.0 Å². The summed E-state index contributed by atoms with van der Waals surface area (Å²) in [7, 11) is 0. The lowest BCUT2D eigenvalue weighted by atomic mass is 10.2. The minimum atomic E-state index is -0.0707. The Morgan fingerprint density at radius 2 is 2.33 bits per heavy atom. The molecule has 0 aliphatic rings. The Balaban J connectivity index is 2.19. The van der Waals surface area contributed by atoms with E-state index in [1.165, 1.54) is 0 Å². The number of aromatic nitrogens is 3. The predicted octanol–water partition coefficient (Wildman–Crippen LogP) is 2.87. The summed E-state index contributed by atoms with van der Waals surface area (Å²) in [6, 6.07) is 5.40. The molecule has 3 aromatic heterocycles. The number of rotatable bonds is 2. The quantitative estimate of drug-likeness (QED) is 0.771. The van der Waals surface area contributed by atoms with Crippen molar-refractivity contribution in [3.63, 3.8) is 0 Å². The van der Waals surface area contributed by atoms with Gasteiger partial charge in [-0.25, -0.2) is 9.97 Å². The normalized spacial score (nSPS) is 13.0. The fraction of sp³-hybridized carbons (Fsp3) is 0.167. The molecule has 0 aliphatic heterocycles. The van der Waals surface area contributed by atoms with E-state index in [1.54, 1.807) is 18.5 Å². The number of hydrogen-bond acceptors (Lipinski definition) is 4. The fourth-order valence-electron chi connectivity index (χ4n) is 2.01. The van der Waals surface area contributed by atoms with Crippen LogP contribution in [0.25, 0.3) is 11.2 Å². The van der Waals surface area contributed by atoms with Gasteiger partial charge in [-0.1, -0.05) is 11.6 Å². The van der Waals surface area contributed by atoms with Gasteiger partial charge >= 0.3 is 0 Å². The monoisotopic (exact) mass is 262 g/mol. The smallest absolute Gasteiger partial charge is 0.203 e. The van der Waals surface area contributed by atoms with Crippen molar-refractivity contribution in [3.05, 3.63) is 41.4 Å². The van der Waals surface area contributed by atoms with E-state index in [2.05, 4.69) is 9.97 Å². The zero-order valence-corrected chi connectivity index (χ0v) is 10.4. The van der Waals surface area contributed by atoms with Crippen molar-refractivity contribution in [1.82, 2.24) is 14.5 Å². The molecule has 0 aliphatic carbocycles. The van der Waals surface area contributed by atoms with Gasteiger partial charge in [-0.05, 0) is 25.1 Å². The molecule has 1 atom stereocenters. The van der Waals surface area contributed by atoms with Crippen molar-refractivity contribution in [3.8, 4) is 0 Å². The minimum Gasteiger partial charge on any atom is -0.467 e. The van der Waals surface area contributed by atoms with Gasteiger partial charge in [0.2, 0.25) is 5.95 Å². The molecule has 5 nitrogen and oxygen atoms in total. The maximum absolute atomic E-state index is 5.94. The summed E-state index contributed by atoms with van der Waals surface area (Å²) in [5, 5.41) is 0.540. The van der Waals surface area contributed by atoms with Crippen LogP contribution in [0, 0.1) is 0 Å². The van der Waals surface area contributed by atoms with E-state index >= 15 is 0 Å². The van der Waals surface area contributed by atoms with Crippen LogP contribution in [0.5, 0.6) is 0 Å². The molecule has 0 radical (unpaired) electrons. The summed E-state index contributed by atoms with van der Waals surface area (Å²) in [6.45, 7) is 1.98. The second kappa shape index (κ2) is 4.03. The van der Waals surface area contributed by atoms with Crippen LogP contribution >= 0.6 is 11.6 Å². The zero-order valence-electron chi connectivity index (χ0n) is 9.67. The van der Waals surface area contributed by atoms with E-state index in [4.69, 9.17) is 21.8 Å². The molecular weight excluding hydrogens is 252 g/mol. The number of furan rings is 1. The summed E-state index contributed by atoms with van der Waals surface area (Å²) < 4.78 is 7.21. The molecule has 3 aromatic rings. The molecule has 18 heavy (non-hydrogen) atoms. The number of nitrogens with two attached hydrogens (primary N) is 1. The number of pyridine rings is 1. The number of nitrogen functional groups attached to an aromatic ring is 1. The molecule has 0 saturated carbocycles. The third-order valence-corrected chi connectivity index (χ3v) is 3.07. The second-order valence-electron chi connectivity index (χ2n) is 4.03. The van der Waals surface area contributed by atoms with Crippen LogP contribution in [0.3, 0.4) is 0 Å². The minimum absolute atomic E-state index is 0.0707. The van der Waals surface area contributed by atoms with Crippen LogP contribution in [0.15, 0.2) is 35.1 Å². The third kappa shape index (κ3) is 1.64. The lowest BCUT2D eigenvalue weighted by Gasteiger charge is -2.12. The molecule has 0 saturated heterocycles. The molecule has 3 rings (SSSR count). The van der Waals surface area contributed by atoms with Crippen LogP contribution in [-0.4, -0.2) is 14.5 Å². The molecule has 3 heterocycles. The lowest BCUT2D eigenvalue weighted by molar-refractivity contribution is 0.452. The summed E-state index contributed by atoms with van der Waals surface area (Å²) in [6.07, 6.45) is 3.21. The second-order valence-corrected chi connectivity index (χ2v) is 4.46. The highest BCUT2D eigenvalue weighted by molar-refractivity contribution is 6.31. The first kappa shape index (κ1) is 11.1. The Morgan fingerprint density at radius 1 is 1.50 bits per heavy atom. The van der Waals surface area contributed by atoms with Gasteiger partial charge in [0.15, 0.2) is 5.65 Å². The van der Waals surface area contributed by atoms with E-state index in [1.807, 2.05) is 23.6 Å². The standard InChI is InChI=1S/C12H11ClN4O/c1-7(10-3-2-4-18-10)17-11-9(16-12(17)14)5-8(13)6-15-11/h2-7H,1H3,(H2,14,16). The van der Waals surface area contributed by atoms with Gasteiger partial charge in [-0.3, -0.25) is 4.57 Å². The van der Waals surface area contributed by atoms with Gasteiger partial charge < -0.3 is 10.2 Å². The Labute approximate surface area is 108 Å². The largest absolute Gasteiger partial charge is 0.467 e. The number of halogens is 1. The van der Waals surface area contributed by atoms with Crippen LogP contribution in [0.4, 0.5) is 5.95 Å². The number of imidazole rings is 1. The van der Waals surface area contributed by atoms with Crippen LogP contribution in [-0.2, 0) is 0 Å². The van der Waals surface area contributed by atoms with E-state index < -0.39 is 0 Å². The third-order valence-electron chi connectivity index (χ3n) is 2.87. The zero-order chi connectivity index (χ0) is 12.7. The molecule has 92 valence electrons. The molecule has 0 aromatic carbocycles. The molecule has 2 N–H and O–H groups in total. The number of nitrogens with zero attached hydrogens (tertiary/aromatic N) is 3. The Bertz CT molecular complexity index is 689. The van der Waals surface area contributed by atoms with E-state index in [-0.39, 0.29) is 6.04 Å². The van der Waals surface area contributed by atoms with E-state index in [9.17, 15) is 0 Å². The molecule has 0 fully saturated rings. The lowest BCUT2D eigenvalue weighted by Crippen LogP contribution is -2.10. The van der Waals surface area contributed by atoms with Crippen molar-refractivity contribution in [2.24, 2.45) is 0 Å². The molecule has 0 spiro atoms. The first-order valence-electron chi connectivity index (χ1n) is 5.49. The summed E-state index contributed by atoms with van der Waals surface area (Å²) in [4.78, 5) is 8.54. The summed E-state index contributed by atoms with van der Waals surface area (Å²) >= 11 is 5.89. The Kier molecular flexibility index (Phi) is 2.48. The first-order valence-corrected chi connectivity index (χ1v) is 5.87. The molecule has 0 amide bonds. The highest BCUT2D eigenvalue weighted by atomic mass is 35.5. The number of fused-ring (bicyclic) bond motifs is 1. The first-order chi connectivity index (χ1) is 8.66. The van der Waals surface area contributed by atoms with Gasteiger partial charge in [0.05, 0.1) is 17.3 Å². The van der Waals surface area contributed by atoms with Gasteiger partial charge in [-0.2, -0.15) is 0 Å². The Hall–Kier alpha value is -2.01. The number of anilines is 1. The topological polar surface area (TPSA) is 69.9 Å². The summed E-state index contributed by atoms with van der Waals surface area (Å²) in [5.41, 5.74) is 7.31. The maximum atomic E-state index is 5.94. The maximum Gasteiger partial charge on any atom is 0.203 e. The van der Waals surface area contributed by atoms with Crippen LogP contribution < -0.4 is 5.73 Å². The fourth-order valence-corrected chi connectivity index (χ4v) is 2.17. The highest BCUT2D eigenvalue weighted by Crippen LogP contribution is 2.27. The van der Waals surface area contributed by atoms with E-state index in [0.29, 0.717) is 22.1 Å². The number of hydrogen-bond donors (Lipinski definition) is 1. The molecule has 6 heteroatoms. The van der Waals surface area contributed by atoms with Crippen molar-refractivity contribution in [1.29, 1.82) is 0 Å². The van der Waals surface area contributed by atoms with Crippen molar-refractivity contribution < 1.29 is 4.42 Å². The average Bonchev–Trinajstić information content (AvgIpc) is 2.94. The highest BCUT2D eigenvalue weighted by Gasteiger charge is 2.18. The molecular formula is C12H11ClN4O. The molecule has 0 bridgehead atoms. The predicted molar refractivity (Wildman–Crippen MR) is 69.5 cm³/mol.